The SMILES string of the molecule is O=C(O)c1csc(-c2csc(N3[C@@H]4CC[C@H]3CC(OCc3c(-c5c(Cl)cccc5Cl)noc3C3CC3)C4)n2)c1. The number of aromatic carboxylic acids is 1. The van der Waals surface area contributed by atoms with Gasteiger partial charge in [-0.2, -0.15) is 0 Å². The monoisotopic (exact) mass is 601 g/mol. The number of rotatable bonds is 8. The maximum atomic E-state index is 11.3. The van der Waals surface area contributed by atoms with Crippen LogP contribution in [0.3, 0.4) is 0 Å². The predicted molar refractivity (Wildman–Crippen MR) is 153 cm³/mol. The summed E-state index contributed by atoms with van der Waals surface area (Å²) in [5, 5.41) is 19.4. The molecule has 2 aliphatic heterocycles. The molecule has 7 nitrogen and oxygen atoms in total. The summed E-state index contributed by atoms with van der Waals surface area (Å²) >= 11 is 16.1. The summed E-state index contributed by atoms with van der Waals surface area (Å²) in [6.45, 7) is 0.419. The molecule has 3 aromatic heterocycles. The molecular weight excluding hydrogens is 577 g/mol. The van der Waals surface area contributed by atoms with Crippen molar-refractivity contribution in [2.24, 2.45) is 0 Å². The average Bonchev–Trinajstić information content (AvgIpc) is 3.25. The molecule has 11 heteroatoms. The molecule has 0 amide bonds. The fourth-order valence-corrected chi connectivity index (χ4v) is 8.37. The van der Waals surface area contributed by atoms with Gasteiger partial charge in [0.15, 0.2) is 5.13 Å². The number of carbonyl (C=O) groups is 1. The van der Waals surface area contributed by atoms with Crippen molar-refractivity contribution in [2.75, 3.05) is 4.90 Å². The zero-order valence-electron chi connectivity index (χ0n) is 20.8. The lowest BCUT2D eigenvalue weighted by Crippen LogP contribution is -2.45. The van der Waals surface area contributed by atoms with Crippen molar-refractivity contribution in [3.63, 3.8) is 0 Å². The summed E-state index contributed by atoms with van der Waals surface area (Å²) in [6.07, 6.45) is 6.41. The van der Waals surface area contributed by atoms with Gasteiger partial charge < -0.3 is 19.3 Å². The van der Waals surface area contributed by atoms with Crippen LogP contribution >= 0.6 is 45.9 Å². The fourth-order valence-electron chi connectivity index (χ4n) is 5.90. The molecule has 3 fully saturated rings. The minimum atomic E-state index is -0.911. The van der Waals surface area contributed by atoms with E-state index in [4.69, 9.17) is 37.4 Å². The molecule has 2 bridgehead atoms. The highest BCUT2D eigenvalue weighted by molar-refractivity contribution is 7.16. The Bertz CT molecular complexity index is 1510. The zero-order chi connectivity index (χ0) is 26.7. The number of thiophene rings is 1. The van der Waals surface area contributed by atoms with Gasteiger partial charge in [-0.15, -0.1) is 22.7 Å². The van der Waals surface area contributed by atoms with E-state index in [0.717, 1.165) is 65.6 Å². The third-order valence-corrected chi connectivity index (χ3v) is 10.4. The molecule has 39 heavy (non-hydrogen) atoms. The number of ether oxygens (including phenoxy) is 1. The first kappa shape index (κ1) is 25.5. The number of aromatic nitrogens is 2. The summed E-state index contributed by atoms with van der Waals surface area (Å²) in [4.78, 5) is 19.5. The van der Waals surface area contributed by atoms with Crippen molar-refractivity contribution in [3.8, 4) is 21.8 Å². The van der Waals surface area contributed by atoms with E-state index in [1.807, 2.05) is 23.6 Å². The normalized spacial score (nSPS) is 22.5. The van der Waals surface area contributed by atoms with Crippen molar-refractivity contribution < 1.29 is 19.2 Å². The van der Waals surface area contributed by atoms with Gasteiger partial charge in [-0.3, -0.25) is 0 Å². The molecule has 7 rings (SSSR count). The van der Waals surface area contributed by atoms with Crippen molar-refractivity contribution >= 4 is 57.0 Å². The van der Waals surface area contributed by atoms with Crippen LogP contribution in [0.15, 0.2) is 39.5 Å². The molecule has 0 radical (unpaired) electrons. The van der Waals surface area contributed by atoms with Crippen LogP contribution in [0.25, 0.3) is 21.8 Å². The maximum absolute atomic E-state index is 11.3. The number of nitrogens with zero attached hydrogens (tertiary/aromatic N) is 3. The van der Waals surface area contributed by atoms with Gasteiger partial charge in [-0.1, -0.05) is 34.4 Å². The Morgan fingerprint density at radius 3 is 2.51 bits per heavy atom. The molecule has 1 unspecified atom stereocenters. The quantitative estimate of drug-likeness (QED) is 0.218. The molecule has 2 saturated heterocycles. The molecule has 1 saturated carbocycles. The Kier molecular flexibility index (Phi) is 6.67. The Morgan fingerprint density at radius 1 is 1.10 bits per heavy atom. The van der Waals surface area contributed by atoms with Gasteiger partial charge in [-0.25, -0.2) is 9.78 Å². The van der Waals surface area contributed by atoms with Crippen molar-refractivity contribution in [1.82, 2.24) is 10.1 Å². The van der Waals surface area contributed by atoms with Gasteiger partial charge in [-0.05, 0) is 56.7 Å². The maximum Gasteiger partial charge on any atom is 0.336 e. The summed E-state index contributed by atoms with van der Waals surface area (Å²) in [5.41, 5.74) is 3.49. The van der Waals surface area contributed by atoms with Crippen LogP contribution < -0.4 is 4.90 Å². The number of hydrogen-bond acceptors (Lipinski definition) is 8. The predicted octanol–water partition coefficient (Wildman–Crippen LogP) is 8.13. The van der Waals surface area contributed by atoms with E-state index in [0.29, 0.717) is 51.5 Å². The molecule has 1 aliphatic carbocycles. The van der Waals surface area contributed by atoms with Crippen LogP contribution in [0.2, 0.25) is 10.0 Å². The van der Waals surface area contributed by atoms with E-state index < -0.39 is 5.97 Å². The largest absolute Gasteiger partial charge is 0.478 e. The summed E-state index contributed by atoms with van der Waals surface area (Å²) < 4.78 is 12.4. The van der Waals surface area contributed by atoms with Crippen LogP contribution in [-0.4, -0.2) is 39.4 Å². The lowest BCUT2D eigenvalue weighted by atomic mass is 10.00. The highest BCUT2D eigenvalue weighted by atomic mass is 35.5. The summed E-state index contributed by atoms with van der Waals surface area (Å²) in [5.74, 6) is 0.375. The van der Waals surface area contributed by atoms with Crippen LogP contribution in [-0.2, 0) is 11.3 Å². The van der Waals surface area contributed by atoms with Gasteiger partial charge in [0.05, 0.1) is 38.9 Å². The average molecular weight is 603 g/mol. The smallest absolute Gasteiger partial charge is 0.336 e. The van der Waals surface area contributed by atoms with Crippen LogP contribution in [0.1, 0.15) is 66.1 Å². The molecule has 1 aromatic carbocycles. The minimum Gasteiger partial charge on any atom is -0.478 e. The lowest BCUT2D eigenvalue weighted by Gasteiger charge is -2.38. The number of carboxylic acids is 1. The number of piperidine rings is 1. The molecule has 1 N–H and O–H groups in total. The van der Waals surface area contributed by atoms with Gasteiger partial charge >= 0.3 is 5.97 Å². The second kappa shape index (κ2) is 10.2. The Labute approximate surface area is 243 Å². The van der Waals surface area contributed by atoms with Crippen molar-refractivity contribution in [3.05, 3.63) is 62.0 Å². The van der Waals surface area contributed by atoms with Crippen LogP contribution in [0.5, 0.6) is 0 Å². The Morgan fingerprint density at radius 2 is 1.85 bits per heavy atom. The third-order valence-electron chi connectivity index (χ3n) is 7.93. The van der Waals surface area contributed by atoms with E-state index in [2.05, 4.69) is 10.1 Å². The molecule has 3 atom stereocenters. The minimum absolute atomic E-state index is 0.130. The highest BCUT2D eigenvalue weighted by Gasteiger charge is 2.43. The summed E-state index contributed by atoms with van der Waals surface area (Å²) in [6, 6.07) is 7.90. The number of halogens is 2. The molecule has 5 heterocycles. The van der Waals surface area contributed by atoms with Crippen LogP contribution in [0.4, 0.5) is 5.13 Å². The number of carboxylic acid groups (broad SMARTS) is 1. The lowest BCUT2D eigenvalue weighted by molar-refractivity contribution is 0.0147. The van der Waals surface area contributed by atoms with Gasteiger partial charge in [0.25, 0.3) is 0 Å². The number of hydrogen-bond donors (Lipinski definition) is 1. The Balaban J connectivity index is 1.07. The van der Waals surface area contributed by atoms with Crippen LogP contribution in [0, 0.1) is 0 Å². The topological polar surface area (TPSA) is 88.7 Å². The Hall–Kier alpha value is -2.43. The summed E-state index contributed by atoms with van der Waals surface area (Å²) in [7, 11) is 0. The standard InChI is InChI=1S/C28H25Cl2N3O4S2/c29-20-2-1-3-21(30)24(20)25-19(26(37-32-25)14-4-5-14)11-36-18-9-16-6-7-17(10-18)33(16)28-31-22(13-39-28)23-8-15(12-38-23)27(34)35/h1-3,8,12-14,16-18H,4-7,9-11H2,(H,34,35)/t16-,17+,18?. The molecule has 4 aromatic rings. The van der Waals surface area contributed by atoms with Crippen molar-refractivity contribution in [2.45, 2.75) is 69.2 Å². The fraction of sp³-hybridized carbons (Fsp3) is 0.393. The number of thiazole rings is 1. The molecular formula is C28H25Cl2N3O4S2. The van der Waals surface area contributed by atoms with E-state index in [1.165, 1.54) is 11.3 Å². The number of anilines is 1. The first-order chi connectivity index (χ1) is 19.0. The third kappa shape index (κ3) is 4.78. The van der Waals surface area contributed by atoms with Gasteiger partial charge in [0.1, 0.15) is 11.5 Å². The highest BCUT2D eigenvalue weighted by Crippen LogP contribution is 2.47. The number of benzene rings is 1. The van der Waals surface area contributed by atoms with Gasteiger partial charge in [0, 0.05) is 39.9 Å². The van der Waals surface area contributed by atoms with E-state index >= 15 is 0 Å². The van der Waals surface area contributed by atoms with Gasteiger partial charge in [0.2, 0.25) is 0 Å². The van der Waals surface area contributed by atoms with E-state index in [1.54, 1.807) is 22.8 Å². The second-order valence-corrected chi connectivity index (χ2v) is 13.0. The zero-order valence-corrected chi connectivity index (χ0v) is 24.0. The first-order valence-electron chi connectivity index (χ1n) is 13.1. The number of fused-ring (bicyclic) bond motifs is 2. The van der Waals surface area contributed by atoms with Crippen molar-refractivity contribution in [1.29, 1.82) is 0 Å². The first-order valence-corrected chi connectivity index (χ1v) is 15.6. The molecule has 0 spiro atoms. The van der Waals surface area contributed by atoms with E-state index in [9.17, 15) is 9.90 Å². The van der Waals surface area contributed by atoms with E-state index in [-0.39, 0.29) is 6.10 Å². The molecule has 202 valence electrons. The second-order valence-electron chi connectivity index (χ2n) is 10.5. The molecule has 3 aliphatic rings.